The number of nitrogens with zero attached hydrogens (tertiary/aromatic N) is 2. The molecular formula is C21H27N3O3. The summed E-state index contributed by atoms with van der Waals surface area (Å²) in [6.45, 7) is 2.79. The Morgan fingerprint density at radius 3 is 2.78 bits per heavy atom. The van der Waals surface area contributed by atoms with Gasteiger partial charge in [0.15, 0.2) is 0 Å². The number of benzene rings is 1. The summed E-state index contributed by atoms with van der Waals surface area (Å²) < 4.78 is 0. The van der Waals surface area contributed by atoms with Crippen LogP contribution in [0.15, 0.2) is 24.3 Å². The van der Waals surface area contributed by atoms with Gasteiger partial charge in [-0.05, 0) is 43.7 Å². The van der Waals surface area contributed by atoms with Gasteiger partial charge in [-0.15, -0.1) is 0 Å². The Morgan fingerprint density at radius 2 is 1.96 bits per heavy atom. The molecule has 0 bridgehead atoms. The summed E-state index contributed by atoms with van der Waals surface area (Å²) >= 11 is 0. The van der Waals surface area contributed by atoms with E-state index in [0.29, 0.717) is 38.9 Å². The summed E-state index contributed by atoms with van der Waals surface area (Å²) in [5.41, 5.74) is 1.54. The zero-order valence-corrected chi connectivity index (χ0v) is 15.7. The minimum Gasteiger partial charge on any atom is -0.345 e. The molecule has 6 heteroatoms. The number of nitrogens with one attached hydrogen (secondary N) is 1. The minimum absolute atomic E-state index is 0.0232. The Morgan fingerprint density at radius 1 is 1.11 bits per heavy atom. The van der Waals surface area contributed by atoms with Crippen molar-refractivity contribution in [2.75, 3.05) is 26.2 Å². The van der Waals surface area contributed by atoms with Gasteiger partial charge in [0.1, 0.15) is 0 Å². The maximum absolute atomic E-state index is 12.6. The van der Waals surface area contributed by atoms with E-state index in [9.17, 15) is 14.4 Å². The summed E-state index contributed by atoms with van der Waals surface area (Å²) in [6.07, 6.45) is 5.28. The van der Waals surface area contributed by atoms with Crippen LogP contribution in [0.25, 0.3) is 0 Å². The number of likely N-dealkylation sites (tertiary alicyclic amines) is 2. The maximum atomic E-state index is 12.6. The molecule has 1 aromatic carbocycles. The topological polar surface area (TPSA) is 69.7 Å². The van der Waals surface area contributed by atoms with Crippen molar-refractivity contribution in [3.8, 4) is 0 Å². The Balaban J connectivity index is 1.32. The van der Waals surface area contributed by atoms with Crippen molar-refractivity contribution in [1.82, 2.24) is 15.1 Å². The number of carbonyl (C=O) groups is 3. The van der Waals surface area contributed by atoms with Gasteiger partial charge in [0, 0.05) is 44.6 Å². The molecule has 27 heavy (non-hydrogen) atoms. The van der Waals surface area contributed by atoms with Crippen molar-refractivity contribution < 1.29 is 14.4 Å². The van der Waals surface area contributed by atoms with E-state index in [0.717, 1.165) is 43.4 Å². The van der Waals surface area contributed by atoms with Gasteiger partial charge < -0.3 is 15.1 Å². The molecule has 0 radical (unpaired) electrons. The molecule has 6 nitrogen and oxygen atoms in total. The monoisotopic (exact) mass is 369 g/mol. The van der Waals surface area contributed by atoms with E-state index >= 15 is 0 Å². The summed E-state index contributed by atoms with van der Waals surface area (Å²) in [6, 6.07) is 7.76. The Hall–Kier alpha value is -2.37. The van der Waals surface area contributed by atoms with Gasteiger partial charge in [0.2, 0.25) is 11.8 Å². The van der Waals surface area contributed by atoms with Gasteiger partial charge in [-0.25, -0.2) is 0 Å². The predicted molar refractivity (Wildman–Crippen MR) is 101 cm³/mol. The fourth-order valence-corrected chi connectivity index (χ4v) is 4.62. The molecular weight excluding hydrogens is 342 g/mol. The molecule has 2 fully saturated rings. The van der Waals surface area contributed by atoms with Crippen LogP contribution < -0.4 is 5.32 Å². The van der Waals surface area contributed by atoms with Crippen LogP contribution in [0.5, 0.6) is 0 Å². The second kappa shape index (κ2) is 7.33. The molecule has 0 saturated carbocycles. The van der Waals surface area contributed by atoms with Crippen molar-refractivity contribution >= 4 is 17.7 Å². The summed E-state index contributed by atoms with van der Waals surface area (Å²) in [4.78, 5) is 40.7. The summed E-state index contributed by atoms with van der Waals surface area (Å²) in [5.74, 6) is 0.322. The SMILES string of the molecule is O=C1N[C@]2(CCc3ccccc31)CCN(C(=O)CCCN1CCCC1=O)C2. The highest BCUT2D eigenvalue weighted by molar-refractivity contribution is 5.96. The number of carbonyl (C=O) groups excluding carboxylic acids is 3. The Bertz CT molecular complexity index is 763. The van der Waals surface area contributed by atoms with Crippen molar-refractivity contribution in [1.29, 1.82) is 0 Å². The normalized spacial score (nSPS) is 24.9. The van der Waals surface area contributed by atoms with E-state index in [4.69, 9.17) is 0 Å². The number of hydrogen-bond acceptors (Lipinski definition) is 3. The lowest BCUT2D eigenvalue weighted by Gasteiger charge is -2.29. The Kier molecular flexibility index (Phi) is 4.89. The fourth-order valence-electron chi connectivity index (χ4n) is 4.62. The third-order valence-corrected chi connectivity index (χ3v) is 6.21. The zero-order chi connectivity index (χ0) is 18.9. The molecule has 0 unspecified atom stereocenters. The van der Waals surface area contributed by atoms with E-state index in [1.54, 1.807) is 0 Å². The highest BCUT2D eigenvalue weighted by Crippen LogP contribution is 2.31. The van der Waals surface area contributed by atoms with Gasteiger partial charge in [-0.3, -0.25) is 14.4 Å². The second-order valence-corrected chi connectivity index (χ2v) is 8.04. The van der Waals surface area contributed by atoms with Gasteiger partial charge in [-0.2, -0.15) is 0 Å². The van der Waals surface area contributed by atoms with Crippen LogP contribution in [-0.2, 0) is 16.0 Å². The van der Waals surface area contributed by atoms with Crippen LogP contribution >= 0.6 is 0 Å². The van der Waals surface area contributed by atoms with E-state index in [-0.39, 0.29) is 23.3 Å². The number of rotatable bonds is 4. The number of fused-ring (bicyclic) bond motifs is 1. The van der Waals surface area contributed by atoms with Crippen LogP contribution in [0, 0.1) is 0 Å². The average Bonchev–Trinajstić information content (AvgIpc) is 3.23. The highest BCUT2D eigenvalue weighted by Gasteiger charge is 2.42. The van der Waals surface area contributed by atoms with E-state index in [1.807, 2.05) is 34.1 Å². The molecule has 3 heterocycles. The lowest BCUT2D eigenvalue weighted by atomic mass is 9.91. The molecule has 3 aliphatic rings. The standard InChI is InChI=1S/C21H27N3O3/c25-18-7-3-12-23(18)13-4-8-19(26)24-14-11-21(15-24)10-9-16-5-1-2-6-17(16)20(27)22-21/h1-2,5-6H,3-4,7-15H2,(H,22,27)/t21-/m1/s1. The van der Waals surface area contributed by atoms with Gasteiger partial charge >= 0.3 is 0 Å². The smallest absolute Gasteiger partial charge is 0.252 e. The molecule has 3 amide bonds. The first-order valence-electron chi connectivity index (χ1n) is 10.0. The zero-order valence-electron chi connectivity index (χ0n) is 15.7. The number of hydrogen-bond donors (Lipinski definition) is 1. The molecule has 1 atom stereocenters. The maximum Gasteiger partial charge on any atom is 0.252 e. The highest BCUT2D eigenvalue weighted by atomic mass is 16.2. The number of amides is 3. The first-order chi connectivity index (χ1) is 13.1. The minimum atomic E-state index is -0.309. The van der Waals surface area contributed by atoms with Crippen LogP contribution in [0.1, 0.15) is 54.4 Å². The molecule has 0 aliphatic carbocycles. The van der Waals surface area contributed by atoms with E-state index in [1.165, 1.54) is 0 Å². The second-order valence-electron chi connectivity index (χ2n) is 8.04. The van der Waals surface area contributed by atoms with Crippen molar-refractivity contribution in [3.63, 3.8) is 0 Å². The first-order valence-corrected chi connectivity index (χ1v) is 10.0. The van der Waals surface area contributed by atoms with E-state index in [2.05, 4.69) is 5.32 Å². The van der Waals surface area contributed by atoms with Crippen LogP contribution in [0.2, 0.25) is 0 Å². The quantitative estimate of drug-likeness (QED) is 0.879. The lowest BCUT2D eigenvalue weighted by molar-refractivity contribution is -0.132. The summed E-state index contributed by atoms with van der Waals surface area (Å²) in [7, 11) is 0. The Labute approximate surface area is 159 Å². The predicted octanol–water partition coefficient (Wildman–Crippen LogP) is 1.74. The van der Waals surface area contributed by atoms with Crippen molar-refractivity contribution in [3.05, 3.63) is 35.4 Å². The van der Waals surface area contributed by atoms with Gasteiger partial charge in [0.25, 0.3) is 5.91 Å². The summed E-state index contributed by atoms with van der Waals surface area (Å²) in [5, 5.41) is 3.22. The van der Waals surface area contributed by atoms with E-state index < -0.39 is 0 Å². The van der Waals surface area contributed by atoms with Crippen molar-refractivity contribution in [2.24, 2.45) is 0 Å². The van der Waals surface area contributed by atoms with Crippen LogP contribution in [-0.4, -0.2) is 59.2 Å². The third kappa shape index (κ3) is 3.70. The third-order valence-electron chi connectivity index (χ3n) is 6.21. The molecule has 3 aliphatic heterocycles. The first kappa shape index (κ1) is 18.0. The molecule has 1 aromatic rings. The van der Waals surface area contributed by atoms with Crippen LogP contribution in [0.3, 0.4) is 0 Å². The molecule has 144 valence electrons. The molecule has 1 N–H and O–H groups in total. The van der Waals surface area contributed by atoms with Gasteiger partial charge in [-0.1, -0.05) is 18.2 Å². The van der Waals surface area contributed by atoms with Crippen molar-refractivity contribution in [2.45, 2.75) is 50.5 Å². The lowest BCUT2D eigenvalue weighted by Crippen LogP contribution is -2.50. The number of aryl methyl sites for hydroxylation is 1. The fraction of sp³-hybridized carbons (Fsp3) is 0.571. The molecule has 0 aromatic heterocycles. The average molecular weight is 369 g/mol. The molecule has 4 rings (SSSR count). The molecule has 1 spiro atoms. The van der Waals surface area contributed by atoms with Crippen LogP contribution in [0.4, 0.5) is 0 Å². The largest absolute Gasteiger partial charge is 0.345 e. The van der Waals surface area contributed by atoms with Gasteiger partial charge in [0.05, 0.1) is 5.54 Å². The molecule has 2 saturated heterocycles.